The summed E-state index contributed by atoms with van der Waals surface area (Å²) >= 11 is 0. The van der Waals surface area contributed by atoms with Crippen LogP contribution in [0.2, 0.25) is 0 Å². The molecule has 0 spiro atoms. The quantitative estimate of drug-likeness (QED) is 0.676. The zero-order chi connectivity index (χ0) is 20.4. The van der Waals surface area contributed by atoms with Gasteiger partial charge in [-0.2, -0.15) is 0 Å². The number of hydrogen-bond acceptors (Lipinski definition) is 3. The molecule has 148 valence electrons. The summed E-state index contributed by atoms with van der Waals surface area (Å²) in [6.07, 6.45) is 0. The summed E-state index contributed by atoms with van der Waals surface area (Å²) in [7, 11) is 0. The number of amides is 2. The maximum atomic E-state index is 13.5. The lowest BCUT2D eigenvalue weighted by molar-refractivity contribution is -0.139. The molecule has 4 nitrogen and oxygen atoms in total. The number of imide groups is 1. The van der Waals surface area contributed by atoms with E-state index in [0.717, 1.165) is 11.3 Å². The maximum Gasteiger partial charge on any atom is 0.235 e. The van der Waals surface area contributed by atoms with E-state index in [-0.39, 0.29) is 42.2 Å². The van der Waals surface area contributed by atoms with Crippen LogP contribution in [0.5, 0.6) is 0 Å². The monoisotopic (exact) mass is 394 g/mol. The van der Waals surface area contributed by atoms with Gasteiger partial charge < -0.3 is 5.32 Å². The van der Waals surface area contributed by atoms with E-state index in [0.29, 0.717) is 0 Å². The molecule has 4 heteroatoms. The number of rotatable bonds is 3. The number of aryl methyl sites for hydroxylation is 1. The van der Waals surface area contributed by atoms with Crippen molar-refractivity contribution in [3.05, 3.63) is 101 Å². The van der Waals surface area contributed by atoms with Gasteiger partial charge in [-0.25, -0.2) is 0 Å². The molecule has 0 aromatic heterocycles. The van der Waals surface area contributed by atoms with Crippen LogP contribution in [-0.4, -0.2) is 23.4 Å². The molecular weight excluding hydrogens is 372 g/mol. The van der Waals surface area contributed by atoms with Gasteiger partial charge in [-0.15, -0.1) is 0 Å². The molecule has 2 amide bonds. The fourth-order valence-electron chi connectivity index (χ4n) is 5.83. The number of carbonyl (C=O) groups is 2. The Morgan fingerprint density at radius 1 is 0.700 bits per heavy atom. The van der Waals surface area contributed by atoms with Gasteiger partial charge >= 0.3 is 0 Å². The molecule has 1 aliphatic heterocycles. The lowest BCUT2D eigenvalue weighted by atomic mass is 9.55. The Bertz CT molecular complexity index is 1090. The zero-order valence-electron chi connectivity index (χ0n) is 16.7. The lowest BCUT2D eigenvalue weighted by Gasteiger charge is -2.45. The molecule has 3 aromatic carbocycles. The van der Waals surface area contributed by atoms with Gasteiger partial charge in [0.05, 0.1) is 18.5 Å². The van der Waals surface area contributed by atoms with Crippen LogP contribution in [0, 0.1) is 18.8 Å². The highest BCUT2D eigenvalue weighted by Crippen LogP contribution is 2.60. The molecule has 3 aliphatic carbocycles. The Hall–Kier alpha value is -3.40. The fourth-order valence-corrected chi connectivity index (χ4v) is 5.83. The Morgan fingerprint density at radius 3 is 1.60 bits per heavy atom. The highest BCUT2D eigenvalue weighted by atomic mass is 16.2. The molecule has 1 heterocycles. The van der Waals surface area contributed by atoms with E-state index in [9.17, 15) is 9.59 Å². The summed E-state index contributed by atoms with van der Waals surface area (Å²) in [5, 5.41) is 3.30. The molecule has 0 saturated carbocycles. The minimum absolute atomic E-state index is 0.0488. The molecule has 2 bridgehead atoms. The molecule has 1 N–H and O–H groups in total. The maximum absolute atomic E-state index is 13.5. The molecule has 0 radical (unpaired) electrons. The van der Waals surface area contributed by atoms with Crippen LogP contribution >= 0.6 is 0 Å². The van der Waals surface area contributed by atoms with Gasteiger partial charge in [0.25, 0.3) is 0 Å². The molecule has 4 aliphatic rings. The van der Waals surface area contributed by atoms with Crippen molar-refractivity contribution in [2.24, 2.45) is 11.8 Å². The van der Waals surface area contributed by atoms with Gasteiger partial charge in [-0.1, -0.05) is 66.7 Å². The first kappa shape index (κ1) is 17.5. The summed E-state index contributed by atoms with van der Waals surface area (Å²) in [5.74, 6) is -0.827. The van der Waals surface area contributed by atoms with E-state index in [1.54, 1.807) is 0 Å². The van der Waals surface area contributed by atoms with E-state index < -0.39 is 0 Å². The first-order chi connectivity index (χ1) is 14.7. The van der Waals surface area contributed by atoms with Crippen LogP contribution in [0.1, 0.15) is 39.7 Å². The van der Waals surface area contributed by atoms with Crippen LogP contribution in [-0.2, 0) is 9.59 Å². The zero-order valence-corrected chi connectivity index (χ0v) is 16.7. The Morgan fingerprint density at radius 2 is 1.13 bits per heavy atom. The Balaban J connectivity index is 1.41. The Labute approximate surface area is 175 Å². The average Bonchev–Trinajstić information content (AvgIpc) is 3.04. The predicted octanol–water partition coefficient (Wildman–Crippen LogP) is 4.26. The number of benzene rings is 3. The normalized spacial score (nSPS) is 25.7. The number of nitrogens with one attached hydrogen (secondary N) is 1. The molecule has 3 aromatic rings. The van der Waals surface area contributed by atoms with Crippen LogP contribution in [0.15, 0.2) is 72.8 Å². The van der Waals surface area contributed by atoms with Crippen molar-refractivity contribution >= 4 is 17.5 Å². The molecule has 1 saturated heterocycles. The van der Waals surface area contributed by atoms with Crippen LogP contribution < -0.4 is 5.32 Å². The van der Waals surface area contributed by atoms with Crippen molar-refractivity contribution in [3.63, 3.8) is 0 Å². The Kier molecular flexibility index (Phi) is 3.66. The van der Waals surface area contributed by atoms with E-state index >= 15 is 0 Å². The average molecular weight is 394 g/mol. The summed E-state index contributed by atoms with van der Waals surface area (Å²) in [4.78, 5) is 28.5. The molecule has 0 unspecified atom stereocenters. The van der Waals surface area contributed by atoms with Crippen molar-refractivity contribution in [1.82, 2.24) is 4.90 Å². The van der Waals surface area contributed by atoms with Crippen molar-refractivity contribution in [2.75, 3.05) is 12.0 Å². The summed E-state index contributed by atoms with van der Waals surface area (Å²) in [5.41, 5.74) is 6.86. The second kappa shape index (κ2) is 6.30. The molecule has 7 rings (SSSR count). The van der Waals surface area contributed by atoms with Gasteiger partial charge in [-0.05, 0) is 40.8 Å². The number of para-hydroxylation sites is 1. The largest absolute Gasteiger partial charge is 0.367 e. The van der Waals surface area contributed by atoms with Crippen LogP contribution in [0.4, 0.5) is 5.69 Å². The van der Waals surface area contributed by atoms with Gasteiger partial charge in [0, 0.05) is 17.5 Å². The van der Waals surface area contributed by atoms with Crippen molar-refractivity contribution in [1.29, 1.82) is 0 Å². The van der Waals surface area contributed by atoms with E-state index in [1.807, 2.05) is 55.5 Å². The summed E-state index contributed by atoms with van der Waals surface area (Å²) in [6, 6.07) is 24.6. The third-order valence-electron chi connectivity index (χ3n) is 7.11. The first-order valence-corrected chi connectivity index (χ1v) is 10.5. The van der Waals surface area contributed by atoms with Crippen LogP contribution in [0.3, 0.4) is 0 Å². The molecule has 30 heavy (non-hydrogen) atoms. The van der Waals surface area contributed by atoms with Crippen LogP contribution in [0.25, 0.3) is 0 Å². The third-order valence-corrected chi connectivity index (χ3v) is 7.11. The first-order valence-electron chi connectivity index (χ1n) is 10.5. The topological polar surface area (TPSA) is 49.4 Å². The summed E-state index contributed by atoms with van der Waals surface area (Å²) < 4.78 is 0. The van der Waals surface area contributed by atoms with Crippen molar-refractivity contribution in [3.8, 4) is 0 Å². The number of likely N-dealkylation sites (tertiary alicyclic amines) is 1. The lowest BCUT2D eigenvalue weighted by Crippen LogP contribution is -2.41. The van der Waals surface area contributed by atoms with E-state index in [2.05, 4.69) is 29.6 Å². The summed E-state index contributed by atoms with van der Waals surface area (Å²) in [6.45, 7) is 2.23. The molecule has 2 atom stereocenters. The third kappa shape index (κ3) is 2.22. The van der Waals surface area contributed by atoms with Gasteiger partial charge in [0.15, 0.2) is 0 Å². The SMILES string of the molecule is Cc1ccccc1NCN1C(=O)[C@H]2C3c4ccccc4C(c4ccccc43)[C@@H]2C1=O. The van der Waals surface area contributed by atoms with Gasteiger partial charge in [0.1, 0.15) is 0 Å². The van der Waals surface area contributed by atoms with Gasteiger partial charge in [0.2, 0.25) is 11.8 Å². The number of anilines is 1. The van der Waals surface area contributed by atoms with Crippen molar-refractivity contribution < 1.29 is 9.59 Å². The standard InChI is InChI=1S/C26H22N2O2/c1-15-8-2-7-13-20(15)27-14-28-25(29)23-21-16-9-3-4-10-17(16)22(24(23)26(28)30)19-12-6-5-11-18(19)21/h2-13,21-24,27H,14H2,1H3/t21?,22?,23-,24-/m0/s1. The minimum Gasteiger partial charge on any atom is -0.367 e. The molecule has 1 fully saturated rings. The smallest absolute Gasteiger partial charge is 0.235 e. The molecular formula is C26H22N2O2. The minimum atomic E-state index is -0.314. The highest BCUT2D eigenvalue weighted by Gasteiger charge is 2.61. The second-order valence-corrected chi connectivity index (χ2v) is 8.52. The van der Waals surface area contributed by atoms with Gasteiger partial charge in [-0.3, -0.25) is 14.5 Å². The highest BCUT2D eigenvalue weighted by molar-refractivity contribution is 6.07. The number of nitrogens with zero attached hydrogens (tertiary/aromatic N) is 1. The predicted molar refractivity (Wildman–Crippen MR) is 115 cm³/mol. The number of hydrogen-bond donors (Lipinski definition) is 1. The van der Waals surface area contributed by atoms with E-state index in [1.165, 1.54) is 27.2 Å². The number of carbonyl (C=O) groups excluding carboxylic acids is 2. The second-order valence-electron chi connectivity index (χ2n) is 8.52. The van der Waals surface area contributed by atoms with E-state index in [4.69, 9.17) is 0 Å². The fraction of sp³-hybridized carbons (Fsp3) is 0.231. The van der Waals surface area contributed by atoms with Crippen molar-refractivity contribution in [2.45, 2.75) is 18.8 Å².